The number of aryl methyl sites for hydroxylation is 1. The second-order valence-corrected chi connectivity index (χ2v) is 6.99. The minimum atomic E-state index is -0.421. The maximum Gasteiger partial charge on any atom is 0.269 e. The molecule has 1 heterocycles. The zero-order chi connectivity index (χ0) is 19.2. The maximum absolute atomic E-state index is 12.1. The normalized spacial score (nSPS) is 14.9. The van der Waals surface area contributed by atoms with Crippen LogP contribution in [0.25, 0.3) is 11.3 Å². The van der Waals surface area contributed by atoms with Gasteiger partial charge < -0.3 is 10.6 Å². The van der Waals surface area contributed by atoms with Crippen molar-refractivity contribution in [2.45, 2.75) is 44.7 Å². The number of amides is 1. The Balaban J connectivity index is 1.57. The Hall–Kier alpha value is -2.74. The standard InChI is InChI=1S/C19H25N5O3/c1-23-13-15(11-20-12-18(25)21-16-5-3-2-4-6-16)19(22-23)14-7-9-17(10-8-14)24(26)27/h7-10,13,16,20H,2-6,11-12H2,1H3,(H,21,25). The molecule has 0 unspecified atom stereocenters. The number of carbonyl (C=O) groups is 1. The summed E-state index contributed by atoms with van der Waals surface area (Å²) < 4.78 is 1.70. The number of rotatable bonds is 7. The largest absolute Gasteiger partial charge is 0.352 e. The first-order chi connectivity index (χ1) is 13.0. The minimum absolute atomic E-state index is 0.0164. The number of benzene rings is 1. The van der Waals surface area contributed by atoms with Crippen molar-refractivity contribution in [3.05, 3.63) is 46.1 Å². The van der Waals surface area contributed by atoms with Gasteiger partial charge in [-0.3, -0.25) is 19.6 Å². The molecule has 144 valence electrons. The van der Waals surface area contributed by atoms with Gasteiger partial charge in [-0.05, 0) is 25.0 Å². The molecule has 0 aliphatic heterocycles. The molecule has 2 aromatic rings. The lowest BCUT2D eigenvalue weighted by molar-refractivity contribution is -0.384. The first kappa shape index (κ1) is 19.0. The molecule has 8 heteroatoms. The molecule has 1 aliphatic carbocycles. The molecule has 1 saturated carbocycles. The summed E-state index contributed by atoms with van der Waals surface area (Å²) in [5.41, 5.74) is 2.56. The van der Waals surface area contributed by atoms with Crippen molar-refractivity contribution in [2.75, 3.05) is 6.54 Å². The van der Waals surface area contributed by atoms with Crippen LogP contribution in [0.2, 0.25) is 0 Å². The summed E-state index contributed by atoms with van der Waals surface area (Å²) in [4.78, 5) is 22.5. The number of nitro benzene ring substituents is 1. The molecular weight excluding hydrogens is 346 g/mol. The van der Waals surface area contributed by atoms with Crippen LogP contribution in [0.1, 0.15) is 37.7 Å². The molecule has 2 N–H and O–H groups in total. The van der Waals surface area contributed by atoms with Gasteiger partial charge in [0.05, 0.1) is 17.2 Å². The summed E-state index contributed by atoms with van der Waals surface area (Å²) >= 11 is 0. The molecule has 1 aromatic heterocycles. The average molecular weight is 371 g/mol. The molecule has 3 rings (SSSR count). The van der Waals surface area contributed by atoms with E-state index in [1.165, 1.54) is 31.4 Å². The molecule has 0 radical (unpaired) electrons. The molecule has 8 nitrogen and oxygen atoms in total. The zero-order valence-electron chi connectivity index (χ0n) is 15.5. The molecular formula is C19H25N5O3. The maximum atomic E-state index is 12.1. The van der Waals surface area contributed by atoms with Crippen LogP contribution in [0.5, 0.6) is 0 Å². The number of nitro groups is 1. The van der Waals surface area contributed by atoms with Crippen LogP contribution >= 0.6 is 0 Å². The van der Waals surface area contributed by atoms with Gasteiger partial charge in [-0.1, -0.05) is 19.3 Å². The number of nitrogens with zero attached hydrogens (tertiary/aromatic N) is 3. The van der Waals surface area contributed by atoms with E-state index in [0.717, 1.165) is 29.7 Å². The van der Waals surface area contributed by atoms with Crippen molar-refractivity contribution >= 4 is 11.6 Å². The number of hydrogen-bond donors (Lipinski definition) is 2. The Morgan fingerprint density at radius 2 is 1.96 bits per heavy atom. The van der Waals surface area contributed by atoms with Gasteiger partial charge in [0.2, 0.25) is 5.91 Å². The van der Waals surface area contributed by atoms with E-state index in [1.807, 2.05) is 13.2 Å². The highest BCUT2D eigenvalue weighted by Gasteiger charge is 2.16. The first-order valence-electron chi connectivity index (χ1n) is 9.30. The van der Waals surface area contributed by atoms with Crippen molar-refractivity contribution in [3.8, 4) is 11.3 Å². The van der Waals surface area contributed by atoms with Gasteiger partial charge >= 0.3 is 0 Å². The van der Waals surface area contributed by atoms with E-state index in [2.05, 4.69) is 15.7 Å². The molecule has 0 spiro atoms. The molecule has 27 heavy (non-hydrogen) atoms. The number of hydrogen-bond acceptors (Lipinski definition) is 5. The molecule has 1 aromatic carbocycles. The second-order valence-electron chi connectivity index (χ2n) is 6.99. The predicted octanol–water partition coefficient (Wildman–Crippen LogP) is 2.53. The first-order valence-corrected chi connectivity index (χ1v) is 9.30. The van der Waals surface area contributed by atoms with Crippen molar-refractivity contribution in [1.29, 1.82) is 0 Å². The van der Waals surface area contributed by atoms with Crippen LogP contribution < -0.4 is 10.6 Å². The van der Waals surface area contributed by atoms with Gasteiger partial charge in [0.15, 0.2) is 0 Å². The van der Waals surface area contributed by atoms with E-state index >= 15 is 0 Å². The predicted molar refractivity (Wildman–Crippen MR) is 102 cm³/mol. The van der Waals surface area contributed by atoms with E-state index < -0.39 is 4.92 Å². The Kier molecular flexibility index (Phi) is 6.18. The summed E-state index contributed by atoms with van der Waals surface area (Å²) in [6, 6.07) is 6.64. The van der Waals surface area contributed by atoms with Gasteiger partial charge in [-0.25, -0.2) is 0 Å². The molecule has 0 saturated heterocycles. The lowest BCUT2D eigenvalue weighted by atomic mass is 9.95. The van der Waals surface area contributed by atoms with E-state index in [0.29, 0.717) is 12.6 Å². The third kappa shape index (κ3) is 5.13. The SMILES string of the molecule is Cn1cc(CNCC(=O)NC2CCCCC2)c(-c2ccc([N+](=O)[O-])cc2)n1. The molecule has 1 amide bonds. The Labute approximate surface area is 158 Å². The van der Waals surface area contributed by atoms with Crippen LogP contribution in [-0.2, 0) is 18.4 Å². The minimum Gasteiger partial charge on any atom is -0.352 e. The second kappa shape index (κ2) is 8.77. The van der Waals surface area contributed by atoms with Gasteiger partial charge in [-0.2, -0.15) is 5.10 Å². The number of aromatic nitrogens is 2. The zero-order valence-corrected chi connectivity index (χ0v) is 15.5. The van der Waals surface area contributed by atoms with Crippen molar-refractivity contribution in [3.63, 3.8) is 0 Å². The summed E-state index contributed by atoms with van der Waals surface area (Å²) in [7, 11) is 1.83. The lowest BCUT2D eigenvalue weighted by Crippen LogP contribution is -2.41. The van der Waals surface area contributed by atoms with Gasteiger partial charge in [0.1, 0.15) is 0 Å². The number of carbonyl (C=O) groups excluding carboxylic acids is 1. The van der Waals surface area contributed by atoms with Crippen molar-refractivity contribution < 1.29 is 9.72 Å². The highest BCUT2D eigenvalue weighted by atomic mass is 16.6. The fourth-order valence-electron chi connectivity index (χ4n) is 3.49. The summed E-state index contributed by atoms with van der Waals surface area (Å²) in [6.07, 6.45) is 7.66. The molecule has 1 aliphatic rings. The average Bonchev–Trinajstić information content (AvgIpc) is 3.03. The Bertz CT molecular complexity index is 794. The highest BCUT2D eigenvalue weighted by molar-refractivity contribution is 5.78. The fourth-order valence-corrected chi connectivity index (χ4v) is 3.49. The van der Waals surface area contributed by atoms with E-state index in [4.69, 9.17) is 0 Å². The van der Waals surface area contributed by atoms with E-state index in [-0.39, 0.29) is 18.1 Å². The topological polar surface area (TPSA) is 102 Å². The van der Waals surface area contributed by atoms with Crippen LogP contribution in [0, 0.1) is 10.1 Å². The smallest absolute Gasteiger partial charge is 0.269 e. The quantitative estimate of drug-likeness (QED) is 0.575. The Morgan fingerprint density at radius 3 is 2.63 bits per heavy atom. The number of non-ortho nitro benzene ring substituents is 1. The third-order valence-electron chi connectivity index (χ3n) is 4.83. The molecule has 0 atom stereocenters. The highest BCUT2D eigenvalue weighted by Crippen LogP contribution is 2.24. The van der Waals surface area contributed by atoms with Crippen LogP contribution in [-0.4, -0.2) is 33.2 Å². The van der Waals surface area contributed by atoms with Crippen LogP contribution in [0.4, 0.5) is 5.69 Å². The van der Waals surface area contributed by atoms with E-state index in [9.17, 15) is 14.9 Å². The summed E-state index contributed by atoms with van der Waals surface area (Å²) in [6.45, 7) is 0.753. The monoisotopic (exact) mass is 371 g/mol. The lowest BCUT2D eigenvalue weighted by Gasteiger charge is -2.22. The van der Waals surface area contributed by atoms with Crippen molar-refractivity contribution in [1.82, 2.24) is 20.4 Å². The summed E-state index contributed by atoms with van der Waals surface area (Å²) in [5, 5.41) is 21.5. The summed E-state index contributed by atoms with van der Waals surface area (Å²) in [5.74, 6) is 0.0164. The van der Waals surface area contributed by atoms with Crippen molar-refractivity contribution in [2.24, 2.45) is 7.05 Å². The van der Waals surface area contributed by atoms with Crippen LogP contribution in [0.3, 0.4) is 0 Å². The van der Waals surface area contributed by atoms with Gasteiger partial charge in [0, 0.05) is 49.1 Å². The molecule has 1 fully saturated rings. The van der Waals surface area contributed by atoms with Crippen LogP contribution in [0.15, 0.2) is 30.5 Å². The van der Waals surface area contributed by atoms with E-state index in [1.54, 1.807) is 16.8 Å². The third-order valence-corrected chi connectivity index (χ3v) is 4.83. The van der Waals surface area contributed by atoms with Gasteiger partial charge in [-0.15, -0.1) is 0 Å². The number of nitrogens with one attached hydrogen (secondary N) is 2. The molecule has 0 bridgehead atoms. The Morgan fingerprint density at radius 1 is 1.26 bits per heavy atom. The van der Waals surface area contributed by atoms with Gasteiger partial charge in [0.25, 0.3) is 5.69 Å². The fraction of sp³-hybridized carbons (Fsp3) is 0.474.